The molecule has 10 nitrogen and oxygen atoms in total. The van der Waals surface area contributed by atoms with Crippen LogP contribution in [0.1, 0.15) is 26.7 Å². The molecule has 33 heavy (non-hydrogen) atoms. The Balaban J connectivity index is 2.34. The highest BCUT2D eigenvalue weighted by Crippen LogP contribution is 2.25. The summed E-state index contributed by atoms with van der Waals surface area (Å²) in [6.45, 7) is 3.58. The molecule has 0 fully saturated rings. The highest BCUT2D eigenvalue weighted by atomic mass is 16.2. The Kier molecular flexibility index (Phi) is 9.17. The van der Waals surface area contributed by atoms with Crippen LogP contribution in [0.5, 0.6) is 0 Å². The molecule has 0 saturated carbocycles. The maximum atomic E-state index is 13.3. The van der Waals surface area contributed by atoms with Gasteiger partial charge in [-0.05, 0) is 41.7 Å². The van der Waals surface area contributed by atoms with Crippen molar-refractivity contribution in [2.75, 3.05) is 18.0 Å². The fraction of sp³-hybridized carbons (Fsp3) is 0.391. The average molecular weight is 456 g/mol. The SMILES string of the molecule is CC(C)[C@H](N)C(=O)NCC(=O)N(c1ccc2ccccc2c1)[C@@H](CCCN=C(N)N)C(N)=O. The van der Waals surface area contributed by atoms with E-state index in [9.17, 15) is 14.4 Å². The molecule has 0 aliphatic heterocycles. The van der Waals surface area contributed by atoms with Crippen molar-refractivity contribution in [2.24, 2.45) is 33.8 Å². The number of rotatable bonds is 11. The van der Waals surface area contributed by atoms with Gasteiger partial charge in [0.15, 0.2) is 5.96 Å². The number of fused-ring (bicyclic) bond motifs is 1. The minimum absolute atomic E-state index is 0.0581. The number of primary amides is 1. The van der Waals surface area contributed by atoms with E-state index < -0.39 is 29.8 Å². The van der Waals surface area contributed by atoms with E-state index in [1.54, 1.807) is 12.1 Å². The maximum Gasteiger partial charge on any atom is 0.247 e. The van der Waals surface area contributed by atoms with Gasteiger partial charge in [-0.15, -0.1) is 0 Å². The van der Waals surface area contributed by atoms with Gasteiger partial charge < -0.3 is 28.3 Å². The van der Waals surface area contributed by atoms with Crippen LogP contribution in [0.4, 0.5) is 5.69 Å². The number of nitrogens with one attached hydrogen (secondary N) is 1. The third-order valence-electron chi connectivity index (χ3n) is 5.28. The van der Waals surface area contributed by atoms with Crippen LogP contribution in [-0.4, -0.2) is 48.9 Å². The van der Waals surface area contributed by atoms with Crippen molar-refractivity contribution in [1.29, 1.82) is 0 Å². The molecule has 178 valence electrons. The summed E-state index contributed by atoms with van der Waals surface area (Å²) in [6, 6.07) is 11.3. The van der Waals surface area contributed by atoms with Crippen molar-refractivity contribution in [1.82, 2.24) is 5.32 Å². The first-order valence-electron chi connectivity index (χ1n) is 10.8. The van der Waals surface area contributed by atoms with Crippen LogP contribution >= 0.6 is 0 Å². The number of amides is 3. The zero-order valence-corrected chi connectivity index (χ0v) is 19.0. The van der Waals surface area contributed by atoms with Crippen molar-refractivity contribution >= 4 is 40.1 Å². The molecule has 2 aromatic rings. The fourth-order valence-electron chi connectivity index (χ4n) is 3.38. The van der Waals surface area contributed by atoms with Crippen molar-refractivity contribution < 1.29 is 14.4 Å². The zero-order valence-electron chi connectivity index (χ0n) is 19.0. The monoisotopic (exact) mass is 455 g/mol. The van der Waals surface area contributed by atoms with Crippen molar-refractivity contribution in [3.8, 4) is 0 Å². The van der Waals surface area contributed by atoms with Gasteiger partial charge in [-0.3, -0.25) is 24.3 Å². The van der Waals surface area contributed by atoms with Gasteiger partial charge >= 0.3 is 0 Å². The normalized spacial score (nSPS) is 12.7. The van der Waals surface area contributed by atoms with Crippen LogP contribution in [0.3, 0.4) is 0 Å². The molecule has 3 amide bonds. The Hall–Kier alpha value is -3.66. The first-order chi connectivity index (χ1) is 15.6. The predicted molar refractivity (Wildman–Crippen MR) is 130 cm³/mol. The van der Waals surface area contributed by atoms with E-state index in [0.29, 0.717) is 12.1 Å². The van der Waals surface area contributed by atoms with Gasteiger partial charge in [-0.1, -0.05) is 44.2 Å². The second-order valence-corrected chi connectivity index (χ2v) is 8.15. The lowest BCUT2D eigenvalue weighted by molar-refractivity contribution is -0.127. The lowest BCUT2D eigenvalue weighted by Gasteiger charge is -2.30. The van der Waals surface area contributed by atoms with Gasteiger partial charge in [0.1, 0.15) is 6.04 Å². The molecule has 0 saturated heterocycles. The molecule has 0 bridgehead atoms. The largest absolute Gasteiger partial charge is 0.370 e. The van der Waals surface area contributed by atoms with E-state index in [4.69, 9.17) is 22.9 Å². The number of nitrogens with zero attached hydrogens (tertiary/aromatic N) is 2. The first-order valence-corrected chi connectivity index (χ1v) is 10.8. The number of hydrogen-bond acceptors (Lipinski definition) is 5. The van der Waals surface area contributed by atoms with Crippen LogP contribution in [0.15, 0.2) is 47.5 Å². The molecule has 2 rings (SSSR count). The standard InChI is InChI=1S/C23H33N7O3/c1-14(2)20(24)22(33)29-13-19(31)30(18(21(25)32)8-5-11-28-23(26)27)17-10-9-15-6-3-4-7-16(15)12-17/h3-4,6-7,9-10,12,14,18,20H,5,8,11,13,24H2,1-2H3,(H2,25,32)(H,29,33)(H4,26,27,28)/t18-,20-/m0/s1. The summed E-state index contributed by atoms with van der Waals surface area (Å²) in [4.78, 5) is 43.1. The summed E-state index contributed by atoms with van der Waals surface area (Å²) >= 11 is 0. The number of carbonyl (C=O) groups excluding carboxylic acids is 3. The third kappa shape index (κ3) is 7.18. The van der Waals surface area contributed by atoms with Gasteiger partial charge in [0.2, 0.25) is 17.7 Å². The molecule has 0 radical (unpaired) electrons. The lowest BCUT2D eigenvalue weighted by atomic mass is 10.0. The summed E-state index contributed by atoms with van der Waals surface area (Å²) in [5.41, 5.74) is 22.8. The third-order valence-corrected chi connectivity index (χ3v) is 5.28. The molecule has 0 aromatic heterocycles. The minimum atomic E-state index is -0.955. The topological polar surface area (TPSA) is 183 Å². The Bertz CT molecular complexity index is 1020. The molecule has 2 aromatic carbocycles. The van der Waals surface area contributed by atoms with E-state index >= 15 is 0 Å². The minimum Gasteiger partial charge on any atom is -0.370 e. The number of nitrogens with two attached hydrogens (primary N) is 4. The van der Waals surface area contributed by atoms with E-state index in [0.717, 1.165) is 10.8 Å². The van der Waals surface area contributed by atoms with Gasteiger partial charge in [0, 0.05) is 12.2 Å². The molecule has 0 spiro atoms. The van der Waals surface area contributed by atoms with Crippen LogP contribution in [0, 0.1) is 5.92 Å². The molecule has 9 N–H and O–H groups in total. The van der Waals surface area contributed by atoms with Crippen molar-refractivity contribution in [2.45, 2.75) is 38.8 Å². The van der Waals surface area contributed by atoms with E-state index in [1.165, 1.54) is 4.90 Å². The lowest BCUT2D eigenvalue weighted by Crippen LogP contribution is -2.53. The Morgan fingerprint density at radius 3 is 2.30 bits per heavy atom. The Morgan fingerprint density at radius 1 is 1.03 bits per heavy atom. The molecule has 10 heteroatoms. The van der Waals surface area contributed by atoms with Gasteiger partial charge in [0.25, 0.3) is 0 Å². The quantitative estimate of drug-likeness (QED) is 0.183. The molecule has 2 atom stereocenters. The van der Waals surface area contributed by atoms with Gasteiger partial charge in [-0.2, -0.15) is 0 Å². The summed E-state index contributed by atoms with van der Waals surface area (Å²) in [6.07, 6.45) is 0.664. The van der Waals surface area contributed by atoms with E-state index in [-0.39, 0.29) is 31.4 Å². The zero-order chi connectivity index (χ0) is 24.5. The second kappa shape index (κ2) is 11.8. The smallest absolute Gasteiger partial charge is 0.247 e. The van der Waals surface area contributed by atoms with Gasteiger partial charge in [-0.25, -0.2) is 0 Å². The van der Waals surface area contributed by atoms with Crippen LogP contribution in [0.25, 0.3) is 10.8 Å². The number of anilines is 1. The van der Waals surface area contributed by atoms with Crippen molar-refractivity contribution in [3.63, 3.8) is 0 Å². The molecule has 0 heterocycles. The highest BCUT2D eigenvalue weighted by Gasteiger charge is 2.30. The molecule has 0 aliphatic carbocycles. The number of benzene rings is 2. The molecular weight excluding hydrogens is 422 g/mol. The maximum absolute atomic E-state index is 13.3. The highest BCUT2D eigenvalue weighted by molar-refractivity contribution is 6.04. The summed E-state index contributed by atoms with van der Waals surface area (Å²) in [5.74, 6) is -1.75. The molecule has 0 unspecified atom stereocenters. The summed E-state index contributed by atoms with van der Waals surface area (Å²) in [5, 5.41) is 4.44. The Labute approximate surface area is 193 Å². The van der Waals surface area contributed by atoms with Crippen LogP contribution in [0.2, 0.25) is 0 Å². The van der Waals surface area contributed by atoms with Crippen molar-refractivity contribution in [3.05, 3.63) is 42.5 Å². The molecule has 0 aliphatic rings. The predicted octanol–water partition coefficient (Wildman–Crippen LogP) is 0.180. The number of aliphatic imine (C=N–C) groups is 1. The van der Waals surface area contributed by atoms with E-state index in [2.05, 4.69) is 10.3 Å². The summed E-state index contributed by atoms with van der Waals surface area (Å²) in [7, 11) is 0. The van der Waals surface area contributed by atoms with Gasteiger partial charge in [0.05, 0.1) is 12.6 Å². The van der Waals surface area contributed by atoms with Crippen LogP contribution < -0.4 is 33.2 Å². The fourth-order valence-corrected chi connectivity index (χ4v) is 3.38. The second-order valence-electron chi connectivity index (χ2n) is 8.15. The summed E-state index contributed by atoms with van der Waals surface area (Å²) < 4.78 is 0. The number of guanidine groups is 1. The first kappa shape index (κ1) is 25.6. The van der Waals surface area contributed by atoms with Crippen LogP contribution in [-0.2, 0) is 14.4 Å². The number of carbonyl (C=O) groups is 3. The Morgan fingerprint density at radius 2 is 1.70 bits per heavy atom. The average Bonchev–Trinajstić information content (AvgIpc) is 2.78. The van der Waals surface area contributed by atoms with E-state index in [1.807, 2.05) is 44.2 Å². The molecular formula is C23H33N7O3. The number of hydrogen-bond donors (Lipinski definition) is 5.